The van der Waals surface area contributed by atoms with Gasteiger partial charge in [0.05, 0.1) is 16.6 Å². The number of nitrogens with zero attached hydrogens (tertiary/aromatic N) is 2. The molecule has 0 radical (unpaired) electrons. The fourth-order valence-corrected chi connectivity index (χ4v) is 2.94. The van der Waals surface area contributed by atoms with Crippen LogP contribution in [-0.4, -0.2) is 26.4 Å². The van der Waals surface area contributed by atoms with Crippen molar-refractivity contribution in [3.05, 3.63) is 23.5 Å². The van der Waals surface area contributed by atoms with Crippen LogP contribution < -0.4 is 0 Å². The van der Waals surface area contributed by atoms with E-state index in [0.29, 0.717) is 16.2 Å². The van der Waals surface area contributed by atoms with Gasteiger partial charge in [0.15, 0.2) is 0 Å². The van der Waals surface area contributed by atoms with E-state index < -0.39 is 18.0 Å². The first-order chi connectivity index (χ1) is 9.79. The van der Waals surface area contributed by atoms with Gasteiger partial charge in [-0.15, -0.1) is 11.8 Å². The molecule has 1 aromatic carbocycles. The lowest BCUT2D eigenvalue weighted by Crippen LogP contribution is -2.14. The third-order valence-corrected chi connectivity index (χ3v) is 3.89. The lowest BCUT2D eigenvalue weighted by atomic mass is 10.2. The van der Waals surface area contributed by atoms with Gasteiger partial charge in [0.25, 0.3) is 0 Å². The van der Waals surface area contributed by atoms with Crippen LogP contribution in [0.4, 0.5) is 13.2 Å². The van der Waals surface area contributed by atoms with Gasteiger partial charge in [0, 0.05) is 11.4 Å². The van der Waals surface area contributed by atoms with Crippen molar-refractivity contribution in [1.82, 2.24) is 9.55 Å². The summed E-state index contributed by atoms with van der Waals surface area (Å²) in [4.78, 5) is 15.2. The molecule has 2 rings (SSSR count). The van der Waals surface area contributed by atoms with E-state index in [-0.39, 0.29) is 17.6 Å². The number of benzene rings is 1. The van der Waals surface area contributed by atoms with E-state index in [4.69, 9.17) is 0 Å². The lowest BCUT2D eigenvalue weighted by molar-refractivity contribution is -0.146. The van der Waals surface area contributed by atoms with Crippen molar-refractivity contribution in [2.45, 2.75) is 31.5 Å². The number of aromatic carboxylic acids is 1. The van der Waals surface area contributed by atoms with Crippen LogP contribution in [0.25, 0.3) is 11.0 Å². The average Bonchev–Trinajstić information content (AvgIpc) is 2.75. The highest BCUT2D eigenvalue weighted by molar-refractivity contribution is 7.99. The van der Waals surface area contributed by atoms with E-state index in [1.165, 1.54) is 23.9 Å². The molecule has 0 amide bonds. The molecule has 0 bridgehead atoms. The van der Waals surface area contributed by atoms with Crippen molar-refractivity contribution in [1.29, 1.82) is 0 Å². The van der Waals surface area contributed by atoms with Crippen molar-refractivity contribution in [2.24, 2.45) is 0 Å². The van der Waals surface area contributed by atoms with Gasteiger partial charge in [-0.2, -0.15) is 13.2 Å². The normalized spacial score (nSPS) is 12.0. The SMILES string of the molecule is CCSc1cc2c(cc1C(=O)O)nc(C(F)(F)F)n2CC. The zero-order valence-corrected chi connectivity index (χ0v) is 12.2. The van der Waals surface area contributed by atoms with Gasteiger partial charge >= 0.3 is 12.1 Å². The Kier molecular flexibility index (Phi) is 4.18. The molecule has 0 saturated carbocycles. The number of imidazole rings is 1. The van der Waals surface area contributed by atoms with Crippen LogP contribution in [0.1, 0.15) is 30.0 Å². The summed E-state index contributed by atoms with van der Waals surface area (Å²) < 4.78 is 40.0. The van der Waals surface area contributed by atoms with E-state index in [9.17, 15) is 23.1 Å². The molecule has 114 valence electrons. The van der Waals surface area contributed by atoms with Crippen LogP contribution in [0, 0.1) is 0 Å². The number of carboxylic acids is 1. The molecule has 0 aliphatic heterocycles. The molecule has 0 unspecified atom stereocenters. The Morgan fingerprint density at radius 3 is 2.52 bits per heavy atom. The number of carboxylic acid groups (broad SMARTS) is 1. The standard InChI is InChI=1S/C13H13F3N2O2S/c1-3-18-9-6-10(21-4-2)7(11(19)20)5-8(9)17-12(18)13(14,15)16/h5-6H,3-4H2,1-2H3,(H,19,20). The predicted octanol–water partition coefficient (Wildman–Crippen LogP) is 3.89. The summed E-state index contributed by atoms with van der Waals surface area (Å²) in [5.41, 5.74) is 0.316. The minimum absolute atomic E-state index is 0.0242. The first-order valence-corrected chi connectivity index (χ1v) is 7.25. The van der Waals surface area contributed by atoms with Gasteiger partial charge in [0.1, 0.15) is 0 Å². The Morgan fingerprint density at radius 1 is 1.38 bits per heavy atom. The molecule has 2 aromatic rings. The van der Waals surface area contributed by atoms with Crippen molar-refractivity contribution in [2.75, 3.05) is 5.75 Å². The molecule has 0 aliphatic carbocycles. The second-order valence-electron chi connectivity index (χ2n) is 4.25. The fraction of sp³-hybridized carbons (Fsp3) is 0.385. The van der Waals surface area contributed by atoms with E-state index >= 15 is 0 Å². The second kappa shape index (κ2) is 5.59. The topological polar surface area (TPSA) is 55.1 Å². The van der Waals surface area contributed by atoms with E-state index in [0.717, 1.165) is 4.57 Å². The van der Waals surface area contributed by atoms with Gasteiger partial charge in [-0.1, -0.05) is 6.92 Å². The van der Waals surface area contributed by atoms with Crippen molar-refractivity contribution in [3.63, 3.8) is 0 Å². The number of rotatable bonds is 4. The molecule has 1 N–H and O–H groups in total. The molecule has 8 heteroatoms. The number of alkyl halides is 3. The number of aryl methyl sites for hydroxylation is 1. The lowest BCUT2D eigenvalue weighted by Gasteiger charge is -2.09. The second-order valence-corrected chi connectivity index (χ2v) is 5.56. The Morgan fingerprint density at radius 2 is 2.05 bits per heavy atom. The smallest absolute Gasteiger partial charge is 0.449 e. The monoisotopic (exact) mass is 318 g/mol. The fourth-order valence-electron chi connectivity index (χ4n) is 2.13. The molecule has 0 fully saturated rings. The van der Waals surface area contributed by atoms with Crippen LogP contribution in [0.15, 0.2) is 17.0 Å². The Hall–Kier alpha value is -1.70. The first kappa shape index (κ1) is 15.7. The summed E-state index contributed by atoms with van der Waals surface area (Å²) in [6, 6.07) is 2.68. The highest BCUT2D eigenvalue weighted by Crippen LogP contribution is 2.34. The zero-order valence-electron chi connectivity index (χ0n) is 11.4. The number of hydrogen-bond donors (Lipinski definition) is 1. The maximum atomic E-state index is 13.0. The van der Waals surface area contributed by atoms with E-state index in [1.54, 1.807) is 6.92 Å². The Balaban J connectivity index is 2.77. The predicted molar refractivity (Wildman–Crippen MR) is 73.8 cm³/mol. The van der Waals surface area contributed by atoms with Crippen LogP contribution >= 0.6 is 11.8 Å². The number of halogens is 3. The van der Waals surface area contributed by atoms with Crippen molar-refractivity contribution < 1.29 is 23.1 Å². The summed E-state index contributed by atoms with van der Waals surface area (Å²) in [6.45, 7) is 3.54. The molecule has 0 spiro atoms. The van der Waals surface area contributed by atoms with E-state index in [2.05, 4.69) is 4.98 Å². The first-order valence-electron chi connectivity index (χ1n) is 6.27. The van der Waals surface area contributed by atoms with Gasteiger partial charge in [-0.05, 0) is 24.8 Å². The Labute approximate surface area is 123 Å². The molecular formula is C13H13F3N2O2S. The molecule has 1 aromatic heterocycles. The van der Waals surface area contributed by atoms with Gasteiger partial charge < -0.3 is 9.67 Å². The van der Waals surface area contributed by atoms with E-state index in [1.807, 2.05) is 6.92 Å². The van der Waals surface area contributed by atoms with Gasteiger partial charge in [0.2, 0.25) is 5.82 Å². The number of thioether (sulfide) groups is 1. The largest absolute Gasteiger partial charge is 0.478 e. The minimum Gasteiger partial charge on any atom is -0.478 e. The van der Waals surface area contributed by atoms with Crippen LogP contribution in [0.3, 0.4) is 0 Å². The third-order valence-electron chi connectivity index (χ3n) is 2.95. The van der Waals surface area contributed by atoms with Crippen molar-refractivity contribution in [3.8, 4) is 0 Å². The number of hydrogen-bond acceptors (Lipinski definition) is 3. The highest BCUT2D eigenvalue weighted by atomic mass is 32.2. The van der Waals surface area contributed by atoms with Crippen LogP contribution in [0.5, 0.6) is 0 Å². The molecule has 0 saturated heterocycles. The summed E-state index contributed by atoms with van der Waals surface area (Å²) >= 11 is 1.28. The third kappa shape index (κ3) is 2.85. The summed E-state index contributed by atoms with van der Waals surface area (Å²) in [6.07, 6.45) is -4.57. The number of fused-ring (bicyclic) bond motifs is 1. The molecular weight excluding hydrogens is 305 g/mol. The maximum Gasteiger partial charge on any atom is 0.449 e. The molecule has 0 aliphatic rings. The number of aromatic nitrogens is 2. The highest BCUT2D eigenvalue weighted by Gasteiger charge is 2.37. The zero-order chi connectivity index (χ0) is 15.8. The molecule has 4 nitrogen and oxygen atoms in total. The Bertz CT molecular complexity index is 695. The van der Waals surface area contributed by atoms with Crippen molar-refractivity contribution >= 4 is 28.8 Å². The summed E-state index contributed by atoms with van der Waals surface area (Å²) in [5.74, 6) is -1.56. The quantitative estimate of drug-likeness (QED) is 0.869. The molecule has 1 heterocycles. The van der Waals surface area contributed by atoms with Crippen LogP contribution in [0.2, 0.25) is 0 Å². The molecule has 0 atom stereocenters. The average molecular weight is 318 g/mol. The van der Waals surface area contributed by atoms with Gasteiger partial charge in [-0.25, -0.2) is 9.78 Å². The summed E-state index contributed by atoms with van der Waals surface area (Å²) in [5, 5.41) is 9.17. The minimum atomic E-state index is -4.57. The van der Waals surface area contributed by atoms with Gasteiger partial charge in [-0.3, -0.25) is 0 Å². The maximum absolute atomic E-state index is 13.0. The van der Waals surface area contributed by atoms with Crippen LogP contribution in [-0.2, 0) is 12.7 Å². The number of carbonyl (C=O) groups is 1. The summed E-state index contributed by atoms with van der Waals surface area (Å²) in [7, 11) is 0. The molecule has 21 heavy (non-hydrogen) atoms.